The van der Waals surface area contributed by atoms with Crippen LogP contribution in [0.2, 0.25) is 5.02 Å². The molecular weight excluding hydrogens is 282 g/mol. The van der Waals surface area contributed by atoms with Crippen LogP contribution in [0.5, 0.6) is 0 Å². The third kappa shape index (κ3) is 3.96. The molecule has 108 valence electrons. The second-order valence-corrected chi connectivity index (χ2v) is 6.40. The van der Waals surface area contributed by atoms with Crippen LogP contribution in [0.4, 0.5) is 5.69 Å². The van der Waals surface area contributed by atoms with Gasteiger partial charge in [0.15, 0.2) is 5.69 Å². The number of nitriles is 1. The molecule has 0 aliphatic heterocycles. The summed E-state index contributed by atoms with van der Waals surface area (Å²) in [6, 6.07) is 12.2. The molecule has 3 nitrogen and oxygen atoms in total. The van der Waals surface area contributed by atoms with Gasteiger partial charge in [0.2, 0.25) is 0 Å². The average molecular weight is 300 g/mol. The predicted molar refractivity (Wildman–Crippen MR) is 86.4 cm³/mol. The number of rotatable bonds is 3. The Kier molecular flexibility index (Phi) is 4.50. The van der Waals surface area contributed by atoms with Gasteiger partial charge < -0.3 is 5.32 Å². The van der Waals surface area contributed by atoms with E-state index in [1.165, 1.54) is 11.8 Å². The lowest BCUT2D eigenvalue weighted by Gasteiger charge is -2.19. The fourth-order valence-electron chi connectivity index (χ4n) is 1.98. The maximum Gasteiger partial charge on any atom is 0.163 e. The summed E-state index contributed by atoms with van der Waals surface area (Å²) < 4.78 is 0. The van der Waals surface area contributed by atoms with E-state index in [1.54, 1.807) is 6.07 Å². The van der Waals surface area contributed by atoms with Crippen molar-refractivity contribution >= 4 is 17.3 Å². The fourth-order valence-corrected chi connectivity index (χ4v) is 2.14. The summed E-state index contributed by atoms with van der Waals surface area (Å²) >= 11 is 5.91. The first-order valence-electron chi connectivity index (χ1n) is 6.79. The number of aromatic nitrogens is 1. The van der Waals surface area contributed by atoms with Gasteiger partial charge in [0.25, 0.3) is 0 Å². The van der Waals surface area contributed by atoms with Crippen molar-refractivity contribution in [1.29, 1.82) is 5.26 Å². The van der Waals surface area contributed by atoms with Gasteiger partial charge in [-0.15, -0.1) is 0 Å². The molecule has 2 aromatic rings. The van der Waals surface area contributed by atoms with Crippen LogP contribution in [-0.2, 0) is 12.0 Å². The van der Waals surface area contributed by atoms with E-state index in [4.69, 9.17) is 16.9 Å². The summed E-state index contributed by atoms with van der Waals surface area (Å²) in [5.41, 5.74) is 3.60. The summed E-state index contributed by atoms with van der Waals surface area (Å²) in [6.45, 7) is 7.20. The van der Waals surface area contributed by atoms with Crippen molar-refractivity contribution in [3.05, 3.63) is 58.4 Å². The van der Waals surface area contributed by atoms with Gasteiger partial charge >= 0.3 is 0 Å². The summed E-state index contributed by atoms with van der Waals surface area (Å²) in [6.07, 6.45) is 1.48. The summed E-state index contributed by atoms with van der Waals surface area (Å²) in [7, 11) is 0. The maximum absolute atomic E-state index is 9.04. The maximum atomic E-state index is 9.04. The molecule has 0 atom stereocenters. The first-order valence-corrected chi connectivity index (χ1v) is 7.17. The van der Waals surface area contributed by atoms with Crippen LogP contribution >= 0.6 is 11.6 Å². The van der Waals surface area contributed by atoms with E-state index in [2.05, 4.69) is 61.4 Å². The van der Waals surface area contributed by atoms with Crippen LogP contribution in [0.15, 0.2) is 36.5 Å². The Morgan fingerprint density at radius 2 is 1.90 bits per heavy atom. The number of halogens is 1. The quantitative estimate of drug-likeness (QED) is 0.906. The minimum absolute atomic E-state index is 0.150. The van der Waals surface area contributed by atoms with E-state index in [0.29, 0.717) is 22.9 Å². The Hall–Kier alpha value is -2.05. The molecule has 0 aliphatic carbocycles. The highest BCUT2D eigenvalue weighted by Crippen LogP contribution is 2.23. The van der Waals surface area contributed by atoms with Crippen LogP contribution < -0.4 is 5.32 Å². The first kappa shape index (κ1) is 15.3. The number of hydrogen-bond acceptors (Lipinski definition) is 3. The average Bonchev–Trinajstić information content (AvgIpc) is 2.45. The number of pyridine rings is 1. The summed E-state index contributed by atoms with van der Waals surface area (Å²) in [5, 5.41) is 12.8. The van der Waals surface area contributed by atoms with Gasteiger partial charge in [-0.1, -0.05) is 56.6 Å². The zero-order chi connectivity index (χ0) is 15.5. The van der Waals surface area contributed by atoms with E-state index in [-0.39, 0.29) is 5.41 Å². The van der Waals surface area contributed by atoms with Gasteiger partial charge in [-0.05, 0) is 22.6 Å². The molecule has 0 radical (unpaired) electrons. The highest BCUT2D eigenvalue weighted by atomic mass is 35.5. The highest BCUT2D eigenvalue weighted by Gasteiger charge is 2.12. The van der Waals surface area contributed by atoms with E-state index >= 15 is 0 Å². The Morgan fingerprint density at radius 1 is 1.24 bits per heavy atom. The summed E-state index contributed by atoms with van der Waals surface area (Å²) in [5.74, 6) is 0. The Morgan fingerprint density at radius 3 is 2.48 bits per heavy atom. The Bertz CT molecular complexity index is 664. The minimum Gasteiger partial charge on any atom is -0.379 e. The van der Waals surface area contributed by atoms with E-state index < -0.39 is 0 Å². The van der Waals surface area contributed by atoms with Crippen LogP contribution in [0.1, 0.15) is 37.6 Å². The Balaban J connectivity index is 2.10. The van der Waals surface area contributed by atoms with Crippen molar-refractivity contribution < 1.29 is 0 Å². The molecule has 0 bridgehead atoms. The molecule has 1 aromatic heterocycles. The van der Waals surface area contributed by atoms with E-state index in [9.17, 15) is 0 Å². The van der Waals surface area contributed by atoms with Crippen molar-refractivity contribution in [2.45, 2.75) is 32.7 Å². The van der Waals surface area contributed by atoms with Crippen molar-refractivity contribution in [1.82, 2.24) is 4.98 Å². The molecule has 0 fully saturated rings. The van der Waals surface area contributed by atoms with Crippen molar-refractivity contribution in [2.75, 3.05) is 5.32 Å². The first-order chi connectivity index (χ1) is 9.90. The highest BCUT2D eigenvalue weighted by molar-refractivity contribution is 6.30. The normalized spacial score (nSPS) is 11.0. The van der Waals surface area contributed by atoms with Crippen LogP contribution in [-0.4, -0.2) is 4.98 Å². The third-order valence-electron chi connectivity index (χ3n) is 3.26. The topological polar surface area (TPSA) is 48.7 Å². The summed E-state index contributed by atoms with van der Waals surface area (Å²) in [4.78, 5) is 4.00. The van der Waals surface area contributed by atoms with Gasteiger partial charge in [0.05, 0.1) is 10.7 Å². The molecule has 1 aromatic carbocycles. The predicted octanol–water partition coefficient (Wildman–Crippen LogP) is 4.52. The Labute approximate surface area is 130 Å². The molecule has 0 saturated heterocycles. The molecule has 0 aliphatic rings. The van der Waals surface area contributed by atoms with Crippen LogP contribution in [0.25, 0.3) is 0 Å². The number of anilines is 1. The standard InChI is InChI=1S/C17H18ClN3/c1-17(2,3)13-6-4-12(5-7-13)10-20-15-8-14(18)11-21-16(15)9-19/h4-8,11,20H,10H2,1-3H3. The molecule has 2 rings (SSSR count). The lowest BCUT2D eigenvalue weighted by Crippen LogP contribution is -2.11. The zero-order valence-electron chi connectivity index (χ0n) is 12.4. The van der Waals surface area contributed by atoms with Gasteiger partial charge in [-0.2, -0.15) is 5.26 Å². The molecule has 21 heavy (non-hydrogen) atoms. The molecule has 4 heteroatoms. The van der Waals surface area contributed by atoms with Crippen molar-refractivity contribution in [2.24, 2.45) is 0 Å². The molecular formula is C17H18ClN3. The largest absolute Gasteiger partial charge is 0.379 e. The van der Waals surface area contributed by atoms with Crippen LogP contribution in [0, 0.1) is 11.3 Å². The fraction of sp³-hybridized carbons (Fsp3) is 0.294. The molecule has 1 heterocycles. The van der Waals surface area contributed by atoms with Crippen LogP contribution in [0.3, 0.4) is 0 Å². The number of benzene rings is 1. The third-order valence-corrected chi connectivity index (χ3v) is 3.47. The molecule has 0 unspecified atom stereocenters. The van der Waals surface area contributed by atoms with Gasteiger partial charge in [0, 0.05) is 12.7 Å². The second-order valence-electron chi connectivity index (χ2n) is 5.96. The molecule has 0 saturated carbocycles. The van der Waals surface area contributed by atoms with Crippen molar-refractivity contribution in [3.8, 4) is 6.07 Å². The lowest BCUT2D eigenvalue weighted by molar-refractivity contribution is 0.590. The number of nitrogens with zero attached hydrogens (tertiary/aromatic N) is 2. The number of hydrogen-bond donors (Lipinski definition) is 1. The smallest absolute Gasteiger partial charge is 0.163 e. The molecule has 0 amide bonds. The minimum atomic E-state index is 0.150. The lowest BCUT2D eigenvalue weighted by atomic mass is 9.87. The molecule has 1 N–H and O–H groups in total. The monoisotopic (exact) mass is 299 g/mol. The van der Waals surface area contributed by atoms with E-state index in [1.807, 2.05) is 0 Å². The molecule has 0 spiro atoms. The zero-order valence-corrected chi connectivity index (χ0v) is 13.2. The number of nitrogens with one attached hydrogen (secondary N) is 1. The SMILES string of the molecule is CC(C)(C)c1ccc(CNc2cc(Cl)cnc2C#N)cc1. The van der Waals surface area contributed by atoms with Gasteiger partial charge in [-0.3, -0.25) is 0 Å². The van der Waals surface area contributed by atoms with Gasteiger partial charge in [0.1, 0.15) is 6.07 Å². The second kappa shape index (κ2) is 6.15. The van der Waals surface area contributed by atoms with Gasteiger partial charge in [-0.25, -0.2) is 4.98 Å². The van der Waals surface area contributed by atoms with E-state index in [0.717, 1.165) is 5.56 Å². The van der Waals surface area contributed by atoms with Crippen molar-refractivity contribution in [3.63, 3.8) is 0 Å².